The minimum Gasteiger partial charge on any atom is -0.493 e. The van der Waals surface area contributed by atoms with Gasteiger partial charge >= 0.3 is 0 Å². The second kappa shape index (κ2) is 5.49. The average Bonchev–Trinajstić information content (AvgIpc) is 2.34. The molecule has 0 bridgehead atoms. The lowest BCUT2D eigenvalue weighted by molar-refractivity contribution is 0.316. The second-order valence-electron chi connectivity index (χ2n) is 4.30. The SMILES string of the molecule is Cc1ccc(OCCc2ncc(N)cn2)c(C)c1. The smallest absolute Gasteiger partial charge is 0.131 e. The molecule has 0 aliphatic carbocycles. The predicted octanol–water partition coefficient (Wildman–Crippen LogP) is 2.30. The number of ether oxygens (including phenoxy) is 1. The normalized spacial score (nSPS) is 10.3. The van der Waals surface area contributed by atoms with E-state index in [4.69, 9.17) is 10.5 Å². The molecule has 0 radical (unpaired) electrons. The van der Waals surface area contributed by atoms with E-state index >= 15 is 0 Å². The molecule has 1 aromatic carbocycles. The zero-order valence-electron chi connectivity index (χ0n) is 10.7. The van der Waals surface area contributed by atoms with Gasteiger partial charge in [-0.15, -0.1) is 0 Å². The zero-order valence-corrected chi connectivity index (χ0v) is 10.7. The minimum absolute atomic E-state index is 0.563. The average molecular weight is 243 g/mol. The molecule has 4 nitrogen and oxygen atoms in total. The van der Waals surface area contributed by atoms with Gasteiger partial charge in [0.15, 0.2) is 0 Å². The van der Waals surface area contributed by atoms with Crippen LogP contribution >= 0.6 is 0 Å². The van der Waals surface area contributed by atoms with Crippen molar-refractivity contribution in [3.63, 3.8) is 0 Å². The van der Waals surface area contributed by atoms with Crippen LogP contribution in [0.1, 0.15) is 17.0 Å². The molecule has 2 rings (SSSR count). The second-order valence-corrected chi connectivity index (χ2v) is 4.30. The third-order valence-corrected chi connectivity index (χ3v) is 2.64. The summed E-state index contributed by atoms with van der Waals surface area (Å²) in [4.78, 5) is 8.26. The van der Waals surface area contributed by atoms with Crippen LogP contribution < -0.4 is 10.5 Å². The first kappa shape index (κ1) is 12.4. The Hall–Kier alpha value is -2.10. The van der Waals surface area contributed by atoms with Crippen LogP contribution in [-0.4, -0.2) is 16.6 Å². The number of hydrogen-bond acceptors (Lipinski definition) is 4. The highest BCUT2D eigenvalue weighted by atomic mass is 16.5. The quantitative estimate of drug-likeness (QED) is 0.895. The number of benzene rings is 1. The lowest BCUT2D eigenvalue weighted by Gasteiger charge is -2.09. The summed E-state index contributed by atoms with van der Waals surface area (Å²) in [5.74, 6) is 1.66. The van der Waals surface area contributed by atoms with Gasteiger partial charge in [-0.05, 0) is 25.5 Å². The molecule has 2 aromatic rings. The van der Waals surface area contributed by atoms with E-state index in [0.29, 0.717) is 18.7 Å². The van der Waals surface area contributed by atoms with E-state index in [2.05, 4.69) is 23.0 Å². The van der Waals surface area contributed by atoms with Crippen molar-refractivity contribution in [1.82, 2.24) is 9.97 Å². The third kappa shape index (κ3) is 3.20. The summed E-state index contributed by atoms with van der Waals surface area (Å²) in [7, 11) is 0. The van der Waals surface area contributed by atoms with E-state index in [1.54, 1.807) is 12.4 Å². The van der Waals surface area contributed by atoms with Gasteiger partial charge < -0.3 is 10.5 Å². The monoisotopic (exact) mass is 243 g/mol. The summed E-state index contributed by atoms with van der Waals surface area (Å²) in [6, 6.07) is 6.14. The Labute approximate surface area is 107 Å². The van der Waals surface area contributed by atoms with Gasteiger partial charge in [0.25, 0.3) is 0 Å². The molecule has 94 valence electrons. The molecule has 0 amide bonds. The highest BCUT2D eigenvalue weighted by Crippen LogP contribution is 2.18. The van der Waals surface area contributed by atoms with Gasteiger partial charge in [-0.2, -0.15) is 0 Å². The van der Waals surface area contributed by atoms with E-state index in [1.165, 1.54) is 5.56 Å². The molecule has 4 heteroatoms. The molecule has 0 saturated carbocycles. The molecule has 2 N–H and O–H groups in total. The fourth-order valence-corrected chi connectivity index (χ4v) is 1.71. The fourth-order valence-electron chi connectivity index (χ4n) is 1.71. The van der Waals surface area contributed by atoms with Crippen LogP contribution in [-0.2, 0) is 6.42 Å². The van der Waals surface area contributed by atoms with Crippen molar-refractivity contribution in [2.45, 2.75) is 20.3 Å². The van der Waals surface area contributed by atoms with Crippen LogP contribution in [0.4, 0.5) is 5.69 Å². The summed E-state index contributed by atoms with van der Waals surface area (Å²) in [5.41, 5.74) is 8.49. The molecule has 0 aliphatic heterocycles. The fraction of sp³-hybridized carbons (Fsp3) is 0.286. The highest BCUT2D eigenvalue weighted by Gasteiger charge is 2.01. The van der Waals surface area contributed by atoms with Gasteiger partial charge in [0.05, 0.1) is 24.7 Å². The van der Waals surface area contributed by atoms with E-state index in [-0.39, 0.29) is 0 Å². The maximum atomic E-state index is 5.71. The number of rotatable bonds is 4. The van der Waals surface area contributed by atoms with Crippen molar-refractivity contribution < 1.29 is 4.74 Å². The number of aryl methyl sites for hydroxylation is 2. The van der Waals surface area contributed by atoms with E-state index in [9.17, 15) is 0 Å². The van der Waals surface area contributed by atoms with Gasteiger partial charge in [-0.1, -0.05) is 17.7 Å². The Kier molecular flexibility index (Phi) is 3.77. The van der Waals surface area contributed by atoms with Crippen molar-refractivity contribution in [2.24, 2.45) is 0 Å². The standard InChI is InChI=1S/C14H17N3O/c1-10-3-4-13(11(2)7-10)18-6-5-14-16-8-12(15)9-17-14/h3-4,7-9H,5-6,15H2,1-2H3. The molecule has 0 atom stereocenters. The molecular formula is C14H17N3O. The van der Waals surface area contributed by atoms with Crippen LogP contribution in [0.15, 0.2) is 30.6 Å². The molecule has 18 heavy (non-hydrogen) atoms. The summed E-state index contributed by atoms with van der Waals surface area (Å²) >= 11 is 0. The Balaban J connectivity index is 1.90. The number of aromatic nitrogens is 2. The third-order valence-electron chi connectivity index (χ3n) is 2.64. The van der Waals surface area contributed by atoms with Crippen LogP contribution in [0.3, 0.4) is 0 Å². The topological polar surface area (TPSA) is 61.0 Å². The Morgan fingerprint density at radius 2 is 1.89 bits per heavy atom. The van der Waals surface area contributed by atoms with Crippen LogP contribution in [0, 0.1) is 13.8 Å². The first-order valence-corrected chi connectivity index (χ1v) is 5.91. The molecule has 0 fully saturated rings. The predicted molar refractivity (Wildman–Crippen MR) is 71.6 cm³/mol. The number of nitrogens with two attached hydrogens (primary N) is 1. The van der Waals surface area contributed by atoms with E-state index < -0.39 is 0 Å². The van der Waals surface area contributed by atoms with Crippen molar-refractivity contribution in [1.29, 1.82) is 0 Å². The summed E-state index contributed by atoms with van der Waals surface area (Å²) in [6.07, 6.45) is 3.90. The largest absolute Gasteiger partial charge is 0.493 e. The molecule has 1 heterocycles. The minimum atomic E-state index is 0.563. The zero-order chi connectivity index (χ0) is 13.0. The summed E-state index contributed by atoms with van der Waals surface area (Å²) < 4.78 is 5.71. The van der Waals surface area contributed by atoms with Gasteiger partial charge in [-0.3, -0.25) is 0 Å². The maximum absolute atomic E-state index is 5.71. The van der Waals surface area contributed by atoms with Gasteiger partial charge in [0, 0.05) is 6.42 Å². The summed E-state index contributed by atoms with van der Waals surface area (Å²) in [6.45, 7) is 4.68. The van der Waals surface area contributed by atoms with Gasteiger partial charge in [0.2, 0.25) is 0 Å². The van der Waals surface area contributed by atoms with Crippen LogP contribution in [0.2, 0.25) is 0 Å². The molecule has 0 spiro atoms. The van der Waals surface area contributed by atoms with Crippen molar-refractivity contribution >= 4 is 5.69 Å². The molecule has 1 aromatic heterocycles. The van der Waals surface area contributed by atoms with E-state index in [1.807, 2.05) is 19.1 Å². The number of nitrogen functional groups attached to an aromatic ring is 1. The molecular weight excluding hydrogens is 226 g/mol. The van der Waals surface area contributed by atoms with E-state index in [0.717, 1.165) is 17.1 Å². The lowest BCUT2D eigenvalue weighted by Crippen LogP contribution is -2.06. The van der Waals surface area contributed by atoms with Crippen molar-refractivity contribution in [3.8, 4) is 5.75 Å². The molecule has 0 saturated heterocycles. The first-order chi connectivity index (χ1) is 8.65. The number of anilines is 1. The Morgan fingerprint density at radius 1 is 1.17 bits per heavy atom. The first-order valence-electron chi connectivity index (χ1n) is 5.91. The summed E-state index contributed by atoms with van der Waals surface area (Å²) in [5, 5.41) is 0. The Bertz CT molecular complexity index is 523. The van der Waals surface area contributed by atoms with Gasteiger partial charge in [-0.25, -0.2) is 9.97 Å². The van der Waals surface area contributed by atoms with Crippen LogP contribution in [0.25, 0.3) is 0 Å². The highest BCUT2D eigenvalue weighted by molar-refractivity contribution is 5.35. The Morgan fingerprint density at radius 3 is 2.56 bits per heavy atom. The van der Waals surface area contributed by atoms with Crippen molar-refractivity contribution in [2.75, 3.05) is 12.3 Å². The molecule has 0 aliphatic rings. The number of hydrogen-bond donors (Lipinski definition) is 1. The number of nitrogens with zero attached hydrogens (tertiary/aromatic N) is 2. The van der Waals surface area contributed by atoms with Crippen molar-refractivity contribution in [3.05, 3.63) is 47.5 Å². The van der Waals surface area contributed by atoms with Gasteiger partial charge in [0.1, 0.15) is 11.6 Å². The lowest BCUT2D eigenvalue weighted by atomic mass is 10.1. The molecule has 0 unspecified atom stereocenters. The maximum Gasteiger partial charge on any atom is 0.131 e. The van der Waals surface area contributed by atoms with Crippen LogP contribution in [0.5, 0.6) is 5.75 Å².